The van der Waals surface area contributed by atoms with Gasteiger partial charge in [0.15, 0.2) is 0 Å². The van der Waals surface area contributed by atoms with Crippen molar-refractivity contribution in [2.75, 3.05) is 38.0 Å². The van der Waals surface area contributed by atoms with Gasteiger partial charge >= 0.3 is 0 Å². The fraction of sp³-hybridized carbons (Fsp3) is 0.385. The molecular weight excluding hydrogens is 363 g/mol. The second-order valence-corrected chi connectivity index (χ2v) is 4.39. The Morgan fingerprint density at radius 3 is 2.06 bits per heavy atom. The molecular formula is C13H18HfN2. The molecule has 3 heteroatoms. The van der Waals surface area contributed by atoms with Crippen LogP contribution in [-0.4, -0.2) is 28.2 Å². The molecule has 0 spiro atoms. The number of anilines is 2. The van der Waals surface area contributed by atoms with Crippen LogP contribution in [0.25, 0.3) is 6.08 Å². The van der Waals surface area contributed by atoms with Crippen LogP contribution in [0, 0.1) is 0 Å². The zero-order valence-corrected chi connectivity index (χ0v) is 14.0. The summed E-state index contributed by atoms with van der Waals surface area (Å²) >= 11 is 0. The van der Waals surface area contributed by atoms with E-state index in [4.69, 9.17) is 0 Å². The predicted octanol–water partition coefficient (Wildman–Crippen LogP) is 2.39. The molecule has 1 aromatic carbocycles. The molecule has 16 heavy (non-hydrogen) atoms. The fourth-order valence-electron chi connectivity index (χ4n) is 2.14. The van der Waals surface area contributed by atoms with Gasteiger partial charge in [-0.3, -0.25) is 0 Å². The molecule has 0 N–H and O–H groups in total. The summed E-state index contributed by atoms with van der Waals surface area (Å²) in [6.07, 6.45) is 5.53. The minimum absolute atomic E-state index is 0. The van der Waals surface area contributed by atoms with Crippen molar-refractivity contribution in [2.24, 2.45) is 0 Å². The van der Waals surface area contributed by atoms with Gasteiger partial charge in [-0.25, -0.2) is 0 Å². The maximum absolute atomic E-state index is 2.24. The molecule has 0 bridgehead atoms. The van der Waals surface area contributed by atoms with Crippen molar-refractivity contribution in [3.05, 3.63) is 29.3 Å². The van der Waals surface area contributed by atoms with Crippen LogP contribution in [0.15, 0.2) is 18.2 Å². The second-order valence-electron chi connectivity index (χ2n) is 4.39. The van der Waals surface area contributed by atoms with Crippen molar-refractivity contribution in [1.82, 2.24) is 0 Å². The molecule has 0 fully saturated rings. The van der Waals surface area contributed by atoms with E-state index in [9.17, 15) is 0 Å². The molecule has 0 aromatic heterocycles. The summed E-state index contributed by atoms with van der Waals surface area (Å²) in [5.41, 5.74) is 5.47. The van der Waals surface area contributed by atoms with E-state index in [-0.39, 0.29) is 25.8 Å². The molecule has 0 amide bonds. The second kappa shape index (κ2) is 5.17. The van der Waals surface area contributed by atoms with Crippen LogP contribution in [0.2, 0.25) is 0 Å². The van der Waals surface area contributed by atoms with Gasteiger partial charge in [-0.05, 0) is 24.1 Å². The van der Waals surface area contributed by atoms with Crippen molar-refractivity contribution in [1.29, 1.82) is 0 Å². The minimum Gasteiger partial charge on any atom is -0.377 e. The van der Waals surface area contributed by atoms with Crippen LogP contribution in [0.1, 0.15) is 11.1 Å². The Morgan fingerprint density at radius 1 is 0.938 bits per heavy atom. The smallest absolute Gasteiger partial charge is 0.0438 e. The average molecular weight is 381 g/mol. The van der Waals surface area contributed by atoms with E-state index in [0.717, 1.165) is 6.42 Å². The van der Waals surface area contributed by atoms with Crippen LogP contribution in [0.3, 0.4) is 0 Å². The van der Waals surface area contributed by atoms with Gasteiger partial charge in [0, 0.05) is 71.0 Å². The first-order valence-corrected chi connectivity index (χ1v) is 5.28. The fourth-order valence-corrected chi connectivity index (χ4v) is 2.14. The molecule has 2 nitrogen and oxygen atoms in total. The average Bonchev–Trinajstić information content (AvgIpc) is 2.63. The predicted molar refractivity (Wildman–Crippen MR) is 67.8 cm³/mol. The number of benzene rings is 1. The van der Waals surface area contributed by atoms with Crippen LogP contribution in [0.5, 0.6) is 0 Å². The maximum atomic E-state index is 2.24. The number of nitrogens with zero attached hydrogens (tertiary/aromatic N) is 2. The molecule has 2 rings (SSSR count). The van der Waals surface area contributed by atoms with Crippen LogP contribution in [0.4, 0.5) is 11.4 Å². The number of fused-ring (bicyclic) bond motifs is 1. The standard InChI is InChI=1S/C13H18N2.Hf/c1-14(2)12-8-9-13(15(3)4)11-7-5-6-10(11)12;/h5-6,8-9H,7H2,1-4H3;. The van der Waals surface area contributed by atoms with E-state index in [2.05, 4.69) is 62.3 Å². The monoisotopic (exact) mass is 382 g/mol. The zero-order valence-electron chi connectivity index (χ0n) is 10.4. The molecule has 0 atom stereocenters. The normalized spacial score (nSPS) is 12.0. The quantitative estimate of drug-likeness (QED) is 0.727. The molecule has 1 aromatic rings. The summed E-state index contributed by atoms with van der Waals surface area (Å²) in [5.74, 6) is 0. The first-order valence-electron chi connectivity index (χ1n) is 5.28. The zero-order chi connectivity index (χ0) is 11.0. The van der Waals surface area contributed by atoms with Gasteiger partial charge in [0.25, 0.3) is 0 Å². The summed E-state index contributed by atoms with van der Waals surface area (Å²) in [7, 11) is 8.39. The van der Waals surface area contributed by atoms with Crippen LogP contribution < -0.4 is 9.80 Å². The van der Waals surface area contributed by atoms with Crippen molar-refractivity contribution in [3.8, 4) is 0 Å². The van der Waals surface area contributed by atoms with Gasteiger partial charge in [-0.15, -0.1) is 0 Å². The van der Waals surface area contributed by atoms with Crippen molar-refractivity contribution < 1.29 is 25.8 Å². The summed E-state index contributed by atoms with van der Waals surface area (Å²) in [4.78, 5) is 4.36. The molecule has 84 valence electrons. The molecule has 0 saturated carbocycles. The third kappa shape index (κ3) is 2.24. The molecule has 0 saturated heterocycles. The van der Waals surface area contributed by atoms with Gasteiger partial charge in [0.2, 0.25) is 0 Å². The molecule has 1 aliphatic rings. The maximum Gasteiger partial charge on any atom is 0.0438 e. The summed E-state index contributed by atoms with van der Waals surface area (Å²) in [6.45, 7) is 0. The van der Waals surface area contributed by atoms with Gasteiger partial charge in [-0.2, -0.15) is 0 Å². The Hall–Kier alpha value is -0.570. The van der Waals surface area contributed by atoms with E-state index in [1.165, 1.54) is 22.5 Å². The largest absolute Gasteiger partial charge is 0.377 e. The number of allylic oxidation sites excluding steroid dienone is 1. The summed E-state index contributed by atoms with van der Waals surface area (Å²) < 4.78 is 0. The first kappa shape index (κ1) is 13.5. The van der Waals surface area contributed by atoms with E-state index < -0.39 is 0 Å². The molecule has 0 unspecified atom stereocenters. The van der Waals surface area contributed by atoms with Gasteiger partial charge in [-0.1, -0.05) is 12.2 Å². The third-order valence-corrected chi connectivity index (χ3v) is 2.88. The Kier molecular flexibility index (Phi) is 4.36. The SMILES string of the molecule is CN(C)c1ccc(N(C)C)c2c1C=CC2.[Hf]. The molecule has 0 aliphatic heterocycles. The Labute approximate surface area is 117 Å². The summed E-state index contributed by atoms with van der Waals surface area (Å²) in [5, 5.41) is 0. The number of rotatable bonds is 2. The van der Waals surface area contributed by atoms with Crippen LogP contribution in [-0.2, 0) is 32.3 Å². The van der Waals surface area contributed by atoms with Crippen molar-refractivity contribution in [2.45, 2.75) is 6.42 Å². The summed E-state index contributed by atoms with van der Waals surface area (Å²) in [6, 6.07) is 4.41. The Balaban J connectivity index is 0.00000128. The van der Waals surface area contributed by atoms with Gasteiger partial charge in [0.05, 0.1) is 0 Å². The van der Waals surface area contributed by atoms with E-state index in [1.54, 1.807) is 0 Å². The topological polar surface area (TPSA) is 6.48 Å². The van der Waals surface area contributed by atoms with E-state index in [1.807, 2.05) is 0 Å². The van der Waals surface area contributed by atoms with Crippen LogP contribution >= 0.6 is 0 Å². The van der Waals surface area contributed by atoms with E-state index in [0.29, 0.717) is 0 Å². The molecule has 1 aliphatic carbocycles. The van der Waals surface area contributed by atoms with Gasteiger partial charge in [0.1, 0.15) is 0 Å². The molecule has 0 heterocycles. The van der Waals surface area contributed by atoms with Crippen molar-refractivity contribution in [3.63, 3.8) is 0 Å². The van der Waals surface area contributed by atoms with Gasteiger partial charge < -0.3 is 9.80 Å². The minimum atomic E-state index is 0. The van der Waals surface area contributed by atoms with Crippen molar-refractivity contribution >= 4 is 17.5 Å². The first-order chi connectivity index (χ1) is 7.11. The Bertz CT molecular complexity index is 409. The van der Waals surface area contributed by atoms with E-state index >= 15 is 0 Å². The number of hydrogen-bond donors (Lipinski definition) is 0. The Morgan fingerprint density at radius 2 is 1.50 bits per heavy atom. The molecule has 0 radical (unpaired) electrons. The number of hydrogen-bond acceptors (Lipinski definition) is 2. The third-order valence-electron chi connectivity index (χ3n) is 2.88.